The second-order valence-corrected chi connectivity index (χ2v) is 7.05. The number of rotatable bonds is 4. The molecule has 1 aromatic carbocycles. The molecule has 0 saturated carbocycles. The average Bonchev–Trinajstić information content (AvgIpc) is 3.14. The summed E-state index contributed by atoms with van der Waals surface area (Å²) in [5.74, 6) is -0.0185. The van der Waals surface area contributed by atoms with Gasteiger partial charge in [0, 0.05) is 31.0 Å². The van der Waals surface area contributed by atoms with Crippen LogP contribution in [0.1, 0.15) is 23.6 Å². The highest BCUT2D eigenvalue weighted by molar-refractivity contribution is 5.84. The summed E-state index contributed by atoms with van der Waals surface area (Å²) in [5.41, 5.74) is 4.92. The molecule has 2 aromatic heterocycles. The summed E-state index contributed by atoms with van der Waals surface area (Å²) in [6, 6.07) is 6.29. The molecule has 0 bridgehead atoms. The van der Waals surface area contributed by atoms with Crippen LogP contribution >= 0.6 is 0 Å². The Morgan fingerprint density at radius 2 is 2.07 bits per heavy atom. The number of aryl methyl sites for hydroxylation is 2. The Morgan fingerprint density at radius 3 is 2.81 bits per heavy atom. The lowest BCUT2D eigenvalue weighted by Crippen LogP contribution is -2.41. The number of fused-ring (bicyclic) bond motifs is 3. The van der Waals surface area contributed by atoms with Crippen LogP contribution in [-0.4, -0.2) is 63.3 Å². The minimum atomic E-state index is -0.111. The van der Waals surface area contributed by atoms with Gasteiger partial charge in [0.2, 0.25) is 5.91 Å². The predicted octanol–water partition coefficient (Wildman–Crippen LogP) is 1.66. The third-order valence-corrected chi connectivity index (χ3v) is 5.07. The molecule has 0 unspecified atom stereocenters. The topological polar surface area (TPSA) is 81.9 Å². The fraction of sp³-hybridized carbons (Fsp3) is 0.474. The predicted molar refractivity (Wildman–Crippen MR) is 99.4 cm³/mol. The summed E-state index contributed by atoms with van der Waals surface area (Å²) in [5, 5.41) is 13.2. The van der Waals surface area contributed by atoms with E-state index in [1.54, 1.807) is 16.3 Å². The number of pyridine rings is 1. The van der Waals surface area contributed by atoms with Crippen molar-refractivity contribution in [2.24, 2.45) is 0 Å². The first-order valence-electron chi connectivity index (χ1n) is 9.08. The van der Waals surface area contributed by atoms with Crippen molar-refractivity contribution < 1.29 is 14.3 Å². The molecule has 1 fully saturated rings. The van der Waals surface area contributed by atoms with Crippen molar-refractivity contribution in [2.45, 2.75) is 33.4 Å². The van der Waals surface area contributed by atoms with E-state index >= 15 is 0 Å². The van der Waals surface area contributed by atoms with Crippen LogP contribution in [0.3, 0.4) is 0 Å². The van der Waals surface area contributed by atoms with Crippen molar-refractivity contribution in [1.29, 1.82) is 0 Å². The van der Waals surface area contributed by atoms with E-state index in [2.05, 4.69) is 47.6 Å². The smallest absolute Gasteiger partial charge is 0.219 e. The van der Waals surface area contributed by atoms with Gasteiger partial charge in [-0.05, 0) is 53.6 Å². The second-order valence-electron chi connectivity index (χ2n) is 7.05. The number of aromatic nitrogens is 4. The minimum absolute atomic E-state index is 0.0185. The summed E-state index contributed by atoms with van der Waals surface area (Å²) in [7, 11) is 0. The molecule has 0 N–H and O–H groups in total. The van der Waals surface area contributed by atoms with Crippen LogP contribution in [0.25, 0.3) is 16.6 Å². The Morgan fingerprint density at radius 1 is 1.26 bits per heavy atom. The maximum absolute atomic E-state index is 12.2. The van der Waals surface area contributed by atoms with E-state index in [4.69, 9.17) is 9.47 Å². The van der Waals surface area contributed by atoms with E-state index in [-0.39, 0.29) is 12.0 Å². The SMILES string of the molecule is CC(=O)N(Cc1cc2cc(C)c(C)cc2n2nnnc12)C[C@@H]1COCCO1. The highest BCUT2D eigenvalue weighted by atomic mass is 16.6. The highest BCUT2D eigenvalue weighted by Crippen LogP contribution is 2.24. The van der Waals surface area contributed by atoms with Gasteiger partial charge in [-0.1, -0.05) is 0 Å². The summed E-state index contributed by atoms with van der Waals surface area (Å²) < 4.78 is 12.9. The fourth-order valence-corrected chi connectivity index (χ4v) is 3.44. The zero-order valence-corrected chi connectivity index (χ0v) is 15.8. The first-order valence-corrected chi connectivity index (χ1v) is 9.08. The zero-order chi connectivity index (χ0) is 19.0. The summed E-state index contributed by atoms with van der Waals surface area (Å²) in [6.45, 7) is 8.29. The molecule has 4 rings (SSSR count). The van der Waals surface area contributed by atoms with Gasteiger partial charge in [-0.25, -0.2) is 0 Å². The number of hydrogen-bond acceptors (Lipinski definition) is 6. The molecule has 8 nitrogen and oxygen atoms in total. The largest absolute Gasteiger partial charge is 0.376 e. The number of tetrazole rings is 1. The van der Waals surface area contributed by atoms with Crippen LogP contribution in [0.4, 0.5) is 0 Å². The molecule has 1 saturated heterocycles. The van der Waals surface area contributed by atoms with Crippen molar-refractivity contribution in [1.82, 2.24) is 24.9 Å². The number of carbonyl (C=O) groups is 1. The number of amides is 1. The Hall–Kier alpha value is -2.58. The van der Waals surface area contributed by atoms with E-state index in [0.717, 1.165) is 16.5 Å². The van der Waals surface area contributed by atoms with Crippen molar-refractivity contribution in [3.05, 3.63) is 34.9 Å². The summed E-state index contributed by atoms with van der Waals surface area (Å²) in [4.78, 5) is 14.0. The Balaban J connectivity index is 1.71. The number of nitrogens with zero attached hydrogens (tertiary/aromatic N) is 5. The number of hydrogen-bond donors (Lipinski definition) is 0. The van der Waals surface area contributed by atoms with Gasteiger partial charge in [0.05, 0.1) is 31.4 Å². The summed E-state index contributed by atoms with van der Waals surface area (Å²) >= 11 is 0. The maximum Gasteiger partial charge on any atom is 0.219 e. The second kappa shape index (κ2) is 7.21. The molecule has 0 spiro atoms. The van der Waals surface area contributed by atoms with E-state index in [0.29, 0.717) is 38.6 Å². The van der Waals surface area contributed by atoms with Gasteiger partial charge in [-0.15, -0.1) is 5.10 Å². The monoisotopic (exact) mass is 369 g/mol. The standard InChI is InChI=1S/C19H23N5O3/c1-12-6-15-8-16(19-20-21-22-24(19)18(15)7-13(12)2)9-23(14(3)25)10-17-11-26-4-5-27-17/h6-8,17H,4-5,9-11H2,1-3H3/t17-/m1/s1. The molecule has 27 heavy (non-hydrogen) atoms. The van der Waals surface area contributed by atoms with Crippen LogP contribution in [0.5, 0.6) is 0 Å². The lowest BCUT2D eigenvalue weighted by molar-refractivity contribution is -0.136. The van der Waals surface area contributed by atoms with Gasteiger partial charge < -0.3 is 14.4 Å². The van der Waals surface area contributed by atoms with Crippen LogP contribution in [0.2, 0.25) is 0 Å². The molecule has 0 radical (unpaired) electrons. The number of ether oxygens (including phenoxy) is 2. The van der Waals surface area contributed by atoms with E-state index in [1.807, 2.05) is 0 Å². The Labute approximate surface area is 157 Å². The van der Waals surface area contributed by atoms with E-state index < -0.39 is 0 Å². The zero-order valence-electron chi connectivity index (χ0n) is 15.8. The van der Waals surface area contributed by atoms with Gasteiger partial charge in [-0.2, -0.15) is 4.52 Å². The Bertz CT molecular complexity index is 994. The normalized spacial score (nSPS) is 17.5. The van der Waals surface area contributed by atoms with Crippen LogP contribution in [-0.2, 0) is 20.8 Å². The average molecular weight is 369 g/mol. The van der Waals surface area contributed by atoms with Crippen LogP contribution < -0.4 is 0 Å². The molecule has 1 aliphatic heterocycles. The summed E-state index contributed by atoms with van der Waals surface area (Å²) in [6.07, 6.45) is -0.111. The fourth-order valence-electron chi connectivity index (χ4n) is 3.44. The molecular formula is C19H23N5O3. The maximum atomic E-state index is 12.2. The first-order chi connectivity index (χ1) is 13.0. The van der Waals surface area contributed by atoms with Gasteiger partial charge in [0.1, 0.15) is 0 Å². The number of benzene rings is 1. The van der Waals surface area contributed by atoms with Gasteiger partial charge in [0.25, 0.3) is 0 Å². The third-order valence-electron chi connectivity index (χ3n) is 5.07. The minimum Gasteiger partial charge on any atom is -0.376 e. The molecule has 1 amide bonds. The molecule has 3 aromatic rings. The highest BCUT2D eigenvalue weighted by Gasteiger charge is 2.22. The molecule has 1 atom stereocenters. The lowest BCUT2D eigenvalue weighted by atomic mass is 10.0. The lowest BCUT2D eigenvalue weighted by Gasteiger charge is -2.29. The van der Waals surface area contributed by atoms with E-state index in [1.165, 1.54) is 11.1 Å². The Kier molecular flexibility index (Phi) is 4.75. The molecule has 142 valence electrons. The third kappa shape index (κ3) is 3.50. The molecule has 3 heterocycles. The van der Waals surface area contributed by atoms with Gasteiger partial charge >= 0.3 is 0 Å². The van der Waals surface area contributed by atoms with Gasteiger partial charge in [0.15, 0.2) is 5.65 Å². The first kappa shape index (κ1) is 17.8. The van der Waals surface area contributed by atoms with Crippen molar-refractivity contribution in [3.63, 3.8) is 0 Å². The van der Waals surface area contributed by atoms with Crippen molar-refractivity contribution in [2.75, 3.05) is 26.4 Å². The molecule has 8 heteroatoms. The number of carbonyl (C=O) groups excluding carboxylic acids is 1. The van der Waals surface area contributed by atoms with Gasteiger partial charge in [-0.3, -0.25) is 4.79 Å². The van der Waals surface area contributed by atoms with Crippen LogP contribution in [0.15, 0.2) is 18.2 Å². The molecule has 0 aliphatic carbocycles. The molecular weight excluding hydrogens is 346 g/mol. The van der Waals surface area contributed by atoms with E-state index in [9.17, 15) is 4.79 Å². The van der Waals surface area contributed by atoms with Crippen LogP contribution in [0, 0.1) is 13.8 Å². The quantitative estimate of drug-likeness (QED) is 0.696. The van der Waals surface area contributed by atoms with Crippen molar-refractivity contribution >= 4 is 22.5 Å². The van der Waals surface area contributed by atoms with Crippen molar-refractivity contribution in [3.8, 4) is 0 Å². The molecule has 1 aliphatic rings.